The third-order valence-electron chi connectivity index (χ3n) is 4.84. The van der Waals surface area contributed by atoms with Gasteiger partial charge >= 0.3 is 0 Å². The van der Waals surface area contributed by atoms with Crippen LogP contribution in [-0.2, 0) is 6.54 Å². The number of rotatable bonds is 2. The Morgan fingerprint density at radius 1 is 1.16 bits per heavy atom. The van der Waals surface area contributed by atoms with E-state index in [1.165, 1.54) is 50.7 Å². The molecule has 1 saturated heterocycles. The van der Waals surface area contributed by atoms with Crippen LogP contribution in [0.2, 0.25) is 0 Å². The van der Waals surface area contributed by atoms with Gasteiger partial charge in [-0.15, -0.1) is 0 Å². The predicted octanol–water partition coefficient (Wildman–Crippen LogP) is 3.56. The number of halogens is 1. The predicted molar refractivity (Wildman–Crippen MR) is 76.2 cm³/mol. The lowest BCUT2D eigenvalue weighted by molar-refractivity contribution is 0.0548. The zero-order chi connectivity index (χ0) is 13.2. The van der Waals surface area contributed by atoms with Gasteiger partial charge in [0.25, 0.3) is 0 Å². The molecule has 1 heterocycles. The van der Waals surface area contributed by atoms with E-state index in [0.717, 1.165) is 30.6 Å². The van der Waals surface area contributed by atoms with Crippen LogP contribution in [0.1, 0.15) is 44.1 Å². The number of fused-ring (bicyclic) bond motifs is 1. The van der Waals surface area contributed by atoms with E-state index in [-0.39, 0.29) is 5.82 Å². The molecule has 104 valence electrons. The van der Waals surface area contributed by atoms with Crippen LogP contribution < -0.4 is 5.73 Å². The first-order chi connectivity index (χ1) is 9.24. The van der Waals surface area contributed by atoms with Crippen molar-refractivity contribution in [1.29, 1.82) is 0 Å². The third-order valence-corrected chi connectivity index (χ3v) is 4.84. The molecule has 1 aromatic rings. The van der Waals surface area contributed by atoms with Crippen molar-refractivity contribution in [2.75, 3.05) is 12.3 Å². The van der Waals surface area contributed by atoms with Gasteiger partial charge in [-0.05, 0) is 55.8 Å². The maximum atomic E-state index is 13.1. The van der Waals surface area contributed by atoms with Crippen LogP contribution in [0.5, 0.6) is 0 Å². The fourth-order valence-electron chi connectivity index (χ4n) is 3.85. The molecule has 1 aliphatic carbocycles. The molecule has 2 atom stereocenters. The highest BCUT2D eigenvalue weighted by atomic mass is 19.1. The Morgan fingerprint density at radius 3 is 2.79 bits per heavy atom. The average Bonchev–Trinajstić information content (AvgIpc) is 2.42. The fraction of sp³-hybridized carbons (Fsp3) is 0.625. The van der Waals surface area contributed by atoms with Gasteiger partial charge in [0, 0.05) is 18.3 Å². The second-order valence-corrected chi connectivity index (χ2v) is 6.07. The monoisotopic (exact) mass is 262 g/mol. The van der Waals surface area contributed by atoms with Gasteiger partial charge in [-0.1, -0.05) is 18.9 Å². The molecule has 0 radical (unpaired) electrons. The first-order valence-corrected chi connectivity index (χ1v) is 7.52. The topological polar surface area (TPSA) is 29.3 Å². The smallest absolute Gasteiger partial charge is 0.125 e. The molecule has 3 heteroatoms. The summed E-state index contributed by atoms with van der Waals surface area (Å²) in [5.74, 6) is 0.639. The largest absolute Gasteiger partial charge is 0.398 e. The molecule has 0 unspecified atom stereocenters. The van der Waals surface area contributed by atoms with Crippen molar-refractivity contribution in [1.82, 2.24) is 4.90 Å². The third kappa shape index (κ3) is 2.76. The van der Waals surface area contributed by atoms with Crippen LogP contribution in [0, 0.1) is 11.7 Å². The Hall–Kier alpha value is -1.09. The van der Waals surface area contributed by atoms with Crippen LogP contribution >= 0.6 is 0 Å². The molecule has 2 aliphatic rings. The van der Waals surface area contributed by atoms with Crippen molar-refractivity contribution in [3.05, 3.63) is 29.6 Å². The first kappa shape index (κ1) is 12.9. The fourth-order valence-corrected chi connectivity index (χ4v) is 3.85. The molecule has 0 bridgehead atoms. The van der Waals surface area contributed by atoms with Gasteiger partial charge in [0.15, 0.2) is 0 Å². The van der Waals surface area contributed by atoms with Crippen molar-refractivity contribution < 1.29 is 4.39 Å². The quantitative estimate of drug-likeness (QED) is 0.826. The summed E-state index contributed by atoms with van der Waals surface area (Å²) >= 11 is 0. The Bertz CT molecular complexity index is 444. The highest BCUT2D eigenvalue weighted by Gasteiger charge is 2.33. The van der Waals surface area contributed by atoms with Gasteiger partial charge < -0.3 is 5.73 Å². The number of nitrogen functional groups attached to an aromatic ring is 1. The summed E-state index contributed by atoms with van der Waals surface area (Å²) in [6.07, 6.45) is 8.15. The number of piperidine rings is 1. The van der Waals surface area contributed by atoms with E-state index in [1.54, 1.807) is 0 Å². The van der Waals surface area contributed by atoms with Gasteiger partial charge in [0.2, 0.25) is 0 Å². The van der Waals surface area contributed by atoms with E-state index >= 15 is 0 Å². The summed E-state index contributed by atoms with van der Waals surface area (Å²) in [5.41, 5.74) is 7.61. The van der Waals surface area contributed by atoms with Gasteiger partial charge in [0.1, 0.15) is 5.82 Å². The minimum atomic E-state index is -0.240. The number of anilines is 1. The molecule has 3 rings (SSSR count). The molecule has 0 amide bonds. The summed E-state index contributed by atoms with van der Waals surface area (Å²) in [4.78, 5) is 2.58. The molecule has 2 fully saturated rings. The molecule has 0 aromatic heterocycles. The van der Waals surface area contributed by atoms with E-state index in [9.17, 15) is 4.39 Å². The van der Waals surface area contributed by atoms with Crippen molar-refractivity contribution in [3.8, 4) is 0 Å². The number of hydrogen-bond donors (Lipinski definition) is 1. The zero-order valence-corrected chi connectivity index (χ0v) is 11.4. The summed E-state index contributed by atoms with van der Waals surface area (Å²) in [6, 6.07) is 5.54. The maximum absolute atomic E-state index is 13.1. The number of nitrogens with two attached hydrogens (primary N) is 1. The molecule has 1 saturated carbocycles. The Balaban J connectivity index is 1.74. The van der Waals surface area contributed by atoms with Crippen molar-refractivity contribution in [2.24, 2.45) is 5.92 Å². The van der Waals surface area contributed by atoms with Crippen LogP contribution in [0.4, 0.5) is 10.1 Å². The lowest BCUT2D eigenvalue weighted by Gasteiger charge is -2.44. The molecule has 1 aromatic carbocycles. The van der Waals surface area contributed by atoms with Crippen molar-refractivity contribution in [3.63, 3.8) is 0 Å². The maximum Gasteiger partial charge on any atom is 0.125 e. The second kappa shape index (κ2) is 5.49. The molecule has 0 spiro atoms. The highest BCUT2D eigenvalue weighted by Crippen LogP contribution is 2.36. The van der Waals surface area contributed by atoms with E-state index in [4.69, 9.17) is 5.73 Å². The lowest BCUT2D eigenvalue weighted by atomic mass is 9.78. The van der Waals surface area contributed by atoms with Crippen molar-refractivity contribution >= 4 is 5.69 Å². The van der Waals surface area contributed by atoms with E-state index in [1.807, 2.05) is 6.07 Å². The first-order valence-electron chi connectivity index (χ1n) is 7.52. The summed E-state index contributed by atoms with van der Waals surface area (Å²) < 4.78 is 13.1. The van der Waals surface area contributed by atoms with E-state index in [2.05, 4.69) is 4.90 Å². The molecule has 1 aliphatic heterocycles. The van der Waals surface area contributed by atoms with Crippen molar-refractivity contribution in [2.45, 2.75) is 51.1 Å². The highest BCUT2D eigenvalue weighted by molar-refractivity contribution is 5.46. The van der Waals surface area contributed by atoms with Crippen LogP contribution in [0.15, 0.2) is 18.2 Å². The molecule has 2 nitrogen and oxygen atoms in total. The average molecular weight is 262 g/mol. The van der Waals surface area contributed by atoms with Crippen LogP contribution in [-0.4, -0.2) is 17.5 Å². The second-order valence-electron chi connectivity index (χ2n) is 6.07. The Kier molecular flexibility index (Phi) is 3.74. The number of likely N-dealkylation sites (tertiary alicyclic amines) is 1. The SMILES string of the molecule is Nc1cc(F)ccc1CN1CCC[C@H]2CCCC[C@H]21. The Labute approximate surface area is 114 Å². The lowest BCUT2D eigenvalue weighted by Crippen LogP contribution is -2.46. The summed E-state index contributed by atoms with van der Waals surface area (Å²) in [7, 11) is 0. The van der Waals surface area contributed by atoms with Gasteiger partial charge in [-0.25, -0.2) is 4.39 Å². The van der Waals surface area contributed by atoms with Crippen LogP contribution in [0.25, 0.3) is 0 Å². The Morgan fingerprint density at radius 2 is 1.95 bits per heavy atom. The van der Waals surface area contributed by atoms with Gasteiger partial charge in [0.05, 0.1) is 0 Å². The molecule has 19 heavy (non-hydrogen) atoms. The minimum absolute atomic E-state index is 0.240. The summed E-state index contributed by atoms with van der Waals surface area (Å²) in [6.45, 7) is 2.05. The minimum Gasteiger partial charge on any atom is -0.398 e. The number of hydrogen-bond acceptors (Lipinski definition) is 2. The zero-order valence-electron chi connectivity index (χ0n) is 11.4. The summed E-state index contributed by atoms with van der Waals surface area (Å²) in [5, 5.41) is 0. The number of benzene rings is 1. The molecular weight excluding hydrogens is 239 g/mol. The normalized spacial score (nSPS) is 28.1. The van der Waals surface area contributed by atoms with Gasteiger partial charge in [-0.3, -0.25) is 4.90 Å². The van der Waals surface area contributed by atoms with E-state index < -0.39 is 0 Å². The van der Waals surface area contributed by atoms with Gasteiger partial charge in [-0.2, -0.15) is 0 Å². The van der Waals surface area contributed by atoms with Crippen LogP contribution in [0.3, 0.4) is 0 Å². The molecule has 2 N–H and O–H groups in total. The number of nitrogens with zero attached hydrogens (tertiary/aromatic N) is 1. The standard InChI is InChI=1S/C16H23FN2/c17-14-8-7-13(15(18)10-14)11-19-9-3-5-12-4-1-2-6-16(12)19/h7-8,10,12,16H,1-6,9,11,18H2/t12-,16-/m1/s1. The molecular formula is C16H23FN2. The van der Waals surface area contributed by atoms with E-state index in [0.29, 0.717) is 5.69 Å².